The van der Waals surface area contributed by atoms with Crippen molar-refractivity contribution in [2.24, 2.45) is 0 Å². The number of ether oxygens (including phenoxy) is 2. The molecule has 6 nitrogen and oxygen atoms in total. The summed E-state index contributed by atoms with van der Waals surface area (Å²) in [4.78, 5) is 0. The van der Waals surface area contributed by atoms with E-state index in [4.69, 9.17) is 14.6 Å². The molecule has 1 N–H and O–H groups in total. The van der Waals surface area contributed by atoms with Gasteiger partial charge in [0, 0.05) is 16.6 Å². The molecule has 2 aromatic carbocycles. The van der Waals surface area contributed by atoms with Crippen LogP contribution in [0.5, 0.6) is 5.75 Å². The fourth-order valence-electron chi connectivity index (χ4n) is 3.67. The second-order valence-corrected chi connectivity index (χ2v) is 9.20. The Morgan fingerprint density at radius 2 is 1.90 bits per heavy atom. The van der Waals surface area contributed by atoms with Gasteiger partial charge in [-0.15, -0.1) is 0 Å². The molecule has 1 aliphatic carbocycles. The Labute approximate surface area is 182 Å². The largest absolute Gasteiger partial charge is 0.490 e. The van der Waals surface area contributed by atoms with Gasteiger partial charge in [-0.2, -0.15) is 10.2 Å². The lowest BCUT2D eigenvalue weighted by atomic mass is 10.1. The van der Waals surface area contributed by atoms with E-state index in [0.717, 1.165) is 57.8 Å². The molecule has 0 aliphatic heterocycles. The van der Waals surface area contributed by atoms with Gasteiger partial charge in [0.15, 0.2) is 0 Å². The molecule has 160 valence electrons. The summed E-state index contributed by atoms with van der Waals surface area (Å²) in [5, 5.41) is 13.5. The number of rotatable bonds is 6. The topological polar surface area (TPSA) is 65.0 Å². The molecule has 0 unspecified atom stereocenters. The van der Waals surface area contributed by atoms with Crippen LogP contribution >= 0.6 is 0 Å². The molecule has 0 amide bonds. The third-order valence-corrected chi connectivity index (χ3v) is 5.34. The van der Waals surface area contributed by atoms with Crippen LogP contribution in [-0.4, -0.2) is 31.7 Å². The molecular formula is C25H28N4O2. The van der Waals surface area contributed by atoms with Crippen molar-refractivity contribution in [2.75, 3.05) is 0 Å². The molecule has 1 aliphatic rings. The van der Waals surface area contributed by atoms with E-state index in [2.05, 4.69) is 55.2 Å². The van der Waals surface area contributed by atoms with Gasteiger partial charge in [0.1, 0.15) is 5.75 Å². The summed E-state index contributed by atoms with van der Waals surface area (Å²) >= 11 is 0. The Morgan fingerprint density at radius 1 is 1.10 bits per heavy atom. The summed E-state index contributed by atoms with van der Waals surface area (Å²) in [6, 6.07) is 16.5. The Kier molecular flexibility index (Phi) is 4.82. The third-order valence-electron chi connectivity index (χ3n) is 5.34. The predicted octanol–water partition coefficient (Wildman–Crippen LogP) is 5.58. The smallest absolute Gasteiger partial charge is 0.120 e. The number of hydrogen-bond donors (Lipinski definition) is 1. The van der Waals surface area contributed by atoms with Gasteiger partial charge in [-0.25, -0.2) is 4.68 Å². The highest BCUT2D eigenvalue weighted by Crippen LogP contribution is 2.33. The van der Waals surface area contributed by atoms with Crippen LogP contribution in [0.2, 0.25) is 0 Å². The van der Waals surface area contributed by atoms with E-state index < -0.39 is 0 Å². The number of nitrogens with zero attached hydrogens (tertiary/aromatic N) is 3. The van der Waals surface area contributed by atoms with Crippen molar-refractivity contribution in [3.8, 4) is 22.7 Å². The van der Waals surface area contributed by atoms with E-state index in [9.17, 15) is 0 Å². The van der Waals surface area contributed by atoms with Crippen LogP contribution in [0.15, 0.2) is 48.5 Å². The normalized spacial score (nSPS) is 14.3. The van der Waals surface area contributed by atoms with Gasteiger partial charge in [0.25, 0.3) is 0 Å². The minimum atomic E-state index is -0.233. The maximum atomic E-state index is 6.04. The van der Waals surface area contributed by atoms with Gasteiger partial charge in [-0.1, -0.05) is 18.2 Å². The Balaban J connectivity index is 1.62. The van der Waals surface area contributed by atoms with Crippen molar-refractivity contribution < 1.29 is 9.47 Å². The first-order valence-electron chi connectivity index (χ1n) is 10.8. The first-order chi connectivity index (χ1) is 14.9. The number of benzene rings is 2. The lowest BCUT2D eigenvalue weighted by molar-refractivity contribution is -0.0165. The fraction of sp³-hybridized carbons (Fsp3) is 0.360. The Bertz CT molecular complexity index is 1230. The molecule has 0 saturated heterocycles. The minimum Gasteiger partial charge on any atom is -0.490 e. The molecule has 5 rings (SSSR count). The van der Waals surface area contributed by atoms with E-state index in [1.165, 1.54) is 0 Å². The summed E-state index contributed by atoms with van der Waals surface area (Å²) < 4.78 is 14.1. The molecule has 0 atom stereocenters. The first-order valence-corrected chi connectivity index (χ1v) is 10.8. The number of H-pyrrole nitrogens is 1. The zero-order valence-corrected chi connectivity index (χ0v) is 18.5. The molecule has 0 bridgehead atoms. The van der Waals surface area contributed by atoms with E-state index in [0.29, 0.717) is 12.7 Å². The number of aromatic nitrogens is 4. The summed E-state index contributed by atoms with van der Waals surface area (Å²) in [6.45, 7) is 8.65. The monoisotopic (exact) mass is 416 g/mol. The number of nitrogens with one attached hydrogen (secondary N) is 1. The van der Waals surface area contributed by atoms with Crippen molar-refractivity contribution in [1.29, 1.82) is 0 Å². The molecule has 1 saturated carbocycles. The van der Waals surface area contributed by atoms with Crippen LogP contribution in [-0.2, 0) is 11.3 Å². The lowest BCUT2D eigenvalue weighted by Gasteiger charge is -2.18. The fourth-order valence-corrected chi connectivity index (χ4v) is 3.67. The summed E-state index contributed by atoms with van der Waals surface area (Å²) in [6.07, 6.45) is 2.63. The number of aromatic amines is 1. The van der Waals surface area contributed by atoms with Crippen molar-refractivity contribution in [3.63, 3.8) is 0 Å². The standard InChI is InChI=1S/C25H28N4O2/c1-16-24-21(27-26-16)9-6-10-22(24)29-23(14-18(28-29)15-30-25(2,3)4)17-7-5-8-20(13-17)31-19-11-12-19/h5-10,13-14,19H,11-12,15H2,1-4H3,(H,26,27). The van der Waals surface area contributed by atoms with Gasteiger partial charge in [0.2, 0.25) is 0 Å². The zero-order chi connectivity index (χ0) is 21.6. The molecule has 0 spiro atoms. The Hall–Kier alpha value is -3.12. The van der Waals surface area contributed by atoms with Gasteiger partial charge in [-0.05, 0) is 70.9 Å². The zero-order valence-electron chi connectivity index (χ0n) is 18.5. The van der Waals surface area contributed by atoms with Crippen LogP contribution in [0.1, 0.15) is 45.0 Å². The van der Waals surface area contributed by atoms with Crippen LogP contribution in [0.4, 0.5) is 0 Å². The minimum absolute atomic E-state index is 0.233. The van der Waals surface area contributed by atoms with E-state index in [1.54, 1.807) is 0 Å². The van der Waals surface area contributed by atoms with Gasteiger partial charge in [0.05, 0.1) is 40.9 Å². The molecule has 1 fully saturated rings. The summed E-state index contributed by atoms with van der Waals surface area (Å²) in [5.74, 6) is 0.901. The maximum absolute atomic E-state index is 6.04. The average Bonchev–Trinajstić information content (AvgIpc) is 3.31. The molecule has 4 aromatic rings. The van der Waals surface area contributed by atoms with E-state index >= 15 is 0 Å². The average molecular weight is 417 g/mol. The van der Waals surface area contributed by atoms with Gasteiger partial charge in [-0.3, -0.25) is 5.10 Å². The first kappa shape index (κ1) is 19.8. The summed E-state index contributed by atoms with van der Waals surface area (Å²) in [7, 11) is 0. The van der Waals surface area contributed by atoms with Crippen LogP contribution in [0.3, 0.4) is 0 Å². The second kappa shape index (κ2) is 7.54. The van der Waals surface area contributed by atoms with Crippen LogP contribution in [0.25, 0.3) is 27.8 Å². The van der Waals surface area contributed by atoms with Gasteiger partial charge < -0.3 is 9.47 Å². The molecule has 2 aromatic heterocycles. The molecule has 31 heavy (non-hydrogen) atoms. The molecule has 0 radical (unpaired) electrons. The number of hydrogen-bond acceptors (Lipinski definition) is 4. The van der Waals surface area contributed by atoms with E-state index in [-0.39, 0.29) is 5.60 Å². The van der Waals surface area contributed by atoms with Crippen molar-refractivity contribution in [3.05, 3.63) is 59.9 Å². The summed E-state index contributed by atoms with van der Waals surface area (Å²) in [5.41, 5.74) is 5.65. The highest BCUT2D eigenvalue weighted by molar-refractivity contribution is 5.90. The van der Waals surface area contributed by atoms with Crippen LogP contribution < -0.4 is 4.74 Å². The van der Waals surface area contributed by atoms with Crippen LogP contribution in [0, 0.1) is 6.92 Å². The highest BCUT2D eigenvalue weighted by atomic mass is 16.5. The van der Waals surface area contributed by atoms with Crippen molar-refractivity contribution >= 4 is 10.9 Å². The molecule has 2 heterocycles. The van der Waals surface area contributed by atoms with E-state index in [1.807, 2.05) is 35.9 Å². The SMILES string of the molecule is Cc1[nH]nc2cccc(-n3nc(COC(C)(C)C)cc3-c3cccc(OC4CC4)c3)c12. The van der Waals surface area contributed by atoms with Crippen molar-refractivity contribution in [2.45, 2.75) is 58.8 Å². The van der Waals surface area contributed by atoms with Gasteiger partial charge >= 0.3 is 0 Å². The number of fused-ring (bicyclic) bond motifs is 1. The highest BCUT2D eigenvalue weighted by Gasteiger charge is 2.24. The third kappa shape index (κ3) is 4.21. The second-order valence-electron chi connectivity index (χ2n) is 9.20. The predicted molar refractivity (Wildman–Crippen MR) is 122 cm³/mol. The van der Waals surface area contributed by atoms with Crippen molar-refractivity contribution in [1.82, 2.24) is 20.0 Å². The molecule has 6 heteroatoms. The maximum Gasteiger partial charge on any atom is 0.120 e. The Morgan fingerprint density at radius 3 is 2.68 bits per heavy atom. The molecular weight excluding hydrogens is 388 g/mol. The number of aryl methyl sites for hydroxylation is 1. The lowest BCUT2D eigenvalue weighted by Crippen LogP contribution is -2.18. The quantitative estimate of drug-likeness (QED) is 0.446.